The van der Waals surface area contributed by atoms with Crippen molar-refractivity contribution in [2.45, 2.75) is 78.7 Å². The second-order valence-electron chi connectivity index (χ2n) is 7.12. The predicted octanol–water partition coefficient (Wildman–Crippen LogP) is 3.69. The van der Waals surface area contributed by atoms with Gasteiger partial charge in [0, 0.05) is 13.5 Å². The topological polar surface area (TPSA) is 57.6 Å². The molecule has 0 aromatic carbocycles. The molecule has 122 valence electrons. The summed E-state index contributed by atoms with van der Waals surface area (Å²) in [6, 6.07) is 0. The van der Waals surface area contributed by atoms with Gasteiger partial charge in [-0.1, -0.05) is 34.1 Å². The van der Waals surface area contributed by atoms with Crippen molar-refractivity contribution in [1.82, 2.24) is 4.90 Å². The Kier molecular flexibility index (Phi) is 5.83. The Hall–Kier alpha value is -1.06. The van der Waals surface area contributed by atoms with Crippen LogP contribution >= 0.6 is 0 Å². The second kappa shape index (κ2) is 6.80. The highest BCUT2D eigenvalue weighted by Gasteiger charge is 2.49. The highest BCUT2D eigenvalue weighted by Crippen LogP contribution is 2.45. The van der Waals surface area contributed by atoms with Gasteiger partial charge >= 0.3 is 5.97 Å². The normalized spacial score (nSPS) is 26.4. The van der Waals surface area contributed by atoms with E-state index in [4.69, 9.17) is 0 Å². The number of nitrogens with zero attached hydrogens (tertiary/aromatic N) is 1. The van der Waals surface area contributed by atoms with Crippen molar-refractivity contribution in [3.63, 3.8) is 0 Å². The lowest BCUT2D eigenvalue weighted by Crippen LogP contribution is -2.59. The van der Waals surface area contributed by atoms with Crippen LogP contribution in [-0.2, 0) is 9.59 Å². The molecule has 0 aliphatic heterocycles. The Morgan fingerprint density at radius 1 is 1.24 bits per heavy atom. The zero-order chi connectivity index (χ0) is 16.3. The fourth-order valence-electron chi connectivity index (χ4n) is 3.66. The van der Waals surface area contributed by atoms with Crippen molar-refractivity contribution < 1.29 is 14.7 Å². The fraction of sp³-hybridized carbons (Fsp3) is 0.882. The molecule has 1 saturated carbocycles. The molecule has 0 bridgehead atoms. The molecule has 1 amide bonds. The minimum absolute atomic E-state index is 0.118. The molecule has 4 nitrogen and oxygen atoms in total. The highest BCUT2D eigenvalue weighted by molar-refractivity contribution is 5.86. The van der Waals surface area contributed by atoms with Crippen molar-refractivity contribution in [1.29, 1.82) is 0 Å². The molecule has 0 atom stereocenters. The van der Waals surface area contributed by atoms with Gasteiger partial charge in [-0.25, -0.2) is 4.79 Å². The van der Waals surface area contributed by atoms with E-state index in [2.05, 4.69) is 20.8 Å². The summed E-state index contributed by atoms with van der Waals surface area (Å²) < 4.78 is 0. The molecule has 1 aliphatic carbocycles. The van der Waals surface area contributed by atoms with E-state index in [1.165, 1.54) is 6.92 Å². The van der Waals surface area contributed by atoms with Crippen LogP contribution in [0, 0.1) is 11.3 Å². The van der Waals surface area contributed by atoms with Crippen molar-refractivity contribution in [3.05, 3.63) is 0 Å². The summed E-state index contributed by atoms with van der Waals surface area (Å²) >= 11 is 0. The fourth-order valence-corrected chi connectivity index (χ4v) is 3.66. The zero-order valence-corrected chi connectivity index (χ0v) is 14.2. The van der Waals surface area contributed by atoms with E-state index in [0.29, 0.717) is 25.3 Å². The molecule has 0 aromatic heterocycles. The van der Waals surface area contributed by atoms with Gasteiger partial charge in [0.25, 0.3) is 0 Å². The first-order valence-electron chi connectivity index (χ1n) is 8.23. The molecule has 1 rings (SSSR count). The number of hydrogen-bond donors (Lipinski definition) is 1. The molecule has 1 N–H and O–H groups in total. The van der Waals surface area contributed by atoms with Crippen LogP contribution in [0.1, 0.15) is 73.1 Å². The van der Waals surface area contributed by atoms with Crippen LogP contribution in [0.15, 0.2) is 0 Å². The molecule has 1 aliphatic rings. The van der Waals surface area contributed by atoms with Crippen LogP contribution in [0.3, 0.4) is 0 Å². The van der Waals surface area contributed by atoms with Gasteiger partial charge in [-0.3, -0.25) is 4.79 Å². The third-order valence-corrected chi connectivity index (χ3v) is 5.57. The van der Waals surface area contributed by atoms with E-state index < -0.39 is 11.5 Å². The van der Waals surface area contributed by atoms with Crippen LogP contribution in [0.4, 0.5) is 0 Å². The van der Waals surface area contributed by atoms with Crippen molar-refractivity contribution in [2.75, 3.05) is 6.54 Å². The first-order chi connectivity index (χ1) is 9.71. The van der Waals surface area contributed by atoms with Gasteiger partial charge in [-0.15, -0.1) is 0 Å². The van der Waals surface area contributed by atoms with Gasteiger partial charge in [0.15, 0.2) is 0 Å². The third kappa shape index (κ3) is 3.58. The number of rotatable bonds is 6. The summed E-state index contributed by atoms with van der Waals surface area (Å²) in [6.45, 7) is 10.7. The number of hydrogen-bond acceptors (Lipinski definition) is 2. The summed E-state index contributed by atoms with van der Waals surface area (Å²) in [4.78, 5) is 25.5. The standard InChI is InChI=1S/C17H31NO3/c1-6-12-18(13(3)19)17(15(20)21)10-8-14(9-11-17)16(4,5)7-2/h14H,6-12H2,1-5H3,(H,20,21). The molecule has 0 unspecified atom stereocenters. The molecule has 0 aromatic rings. The summed E-state index contributed by atoms with van der Waals surface area (Å²) in [5, 5.41) is 9.79. The summed E-state index contributed by atoms with van der Waals surface area (Å²) in [5.74, 6) is -0.406. The van der Waals surface area contributed by atoms with Crippen LogP contribution in [-0.4, -0.2) is 34.0 Å². The van der Waals surface area contributed by atoms with Gasteiger partial charge in [0.05, 0.1) is 0 Å². The van der Waals surface area contributed by atoms with Crippen LogP contribution in [0.2, 0.25) is 0 Å². The lowest BCUT2D eigenvalue weighted by atomic mass is 9.65. The Balaban J connectivity index is 2.96. The molecule has 0 heterocycles. The van der Waals surface area contributed by atoms with E-state index >= 15 is 0 Å². The maximum atomic E-state index is 11.9. The van der Waals surface area contributed by atoms with Gasteiger partial charge in [-0.2, -0.15) is 0 Å². The SMILES string of the molecule is CCCN(C(C)=O)C1(C(=O)O)CCC(C(C)(C)CC)CC1. The van der Waals surface area contributed by atoms with Crippen molar-refractivity contribution in [3.8, 4) is 0 Å². The van der Waals surface area contributed by atoms with Gasteiger partial charge in [0.2, 0.25) is 5.91 Å². The van der Waals surface area contributed by atoms with Crippen LogP contribution in [0.5, 0.6) is 0 Å². The van der Waals surface area contributed by atoms with E-state index in [1.54, 1.807) is 4.90 Å². The average molecular weight is 297 g/mol. The first-order valence-corrected chi connectivity index (χ1v) is 8.23. The van der Waals surface area contributed by atoms with E-state index in [-0.39, 0.29) is 11.3 Å². The Morgan fingerprint density at radius 2 is 1.76 bits per heavy atom. The summed E-state index contributed by atoms with van der Waals surface area (Å²) in [7, 11) is 0. The maximum Gasteiger partial charge on any atom is 0.329 e. The molecule has 0 radical (unpaired) electrons. The Labute approximate surface area is 128 Å². The average Bonchev–Trinajstić information content (AvgIpc) is 2.44. The maximum absolute atomic E-state index is 11.9. The molecular formula is C17H31NO3. The minimum atomic E-state index is -0.984. The largest absolute Gasteiger partial charge is 0.479 e. The second-order valence-corrected chi connectivity index (χ2v) is 7.12. The molecule has 4 heteroatoms. The summed E-state index contributed by atoms with van der Waals surface area (Å²) in [5.41, 5.74) is -0.737. The predicted molar refractivity (Wildman–Crippen MR) is 84.1 cm³/mol. The Morgan fingerprint density at radius 3 is 2.10 bits per heavy atom. The number of amides is 1. The van der Waals surface area contributed by atoms with Gasteiger partial charge in [-0.05, 0) is 43.4 Å². The highest BCUT2D eigenvalue weighted by atomic mass is 16.4. The number of carboxylic acid groups (broad SMARTS) is 1. The van der Waals surface area contributed by atoms with Crippen molar-refractivity contribution in [2.24, 2.45) is 11.3 Å². The Bertz CT molecular complexity index is 381. The quantitative estimate of drug-likeness (QED) is 0.813. The number of carbonyl (C=O) groups is 2. The molecule has 21 heavy (non-hydrogen) atoms. The lowest BCUT2D eigenvalue weighted by Gasteiger charge is -2.47. The lowest BCUT2D eigenvalue weighted by molar-refractivity contribution is -0.163. The third-order valence-electron chi connectivity index (χ3n) is 5.57. The van der Waals surface area contributed by atoms with Crippen LogP contribution in [0.25, 0.3) is 0 Å². The number of aliphatic carboxylic acids is 1. The van der Waals surface area contributed by atoms with E-state index in [0.717, 1.165) is 25.7 Å². The molecular weight excluding hydrogens is 266 g/mol. The van der Waals surface area contributed by atoms with Crippen LogP contribution < -0.4 is 0 Å². The molecule has 1 fully saturated rings. The van der Waals surface area contributed by atoms with E-state index in [1.807, 2.05) is 6.92 Å². The van der Waals surface area contributed by atoms with Gasteiger partial charge < -0.3 is 10.0 Å². The van der Waals surface area contributed by atoms with Crippen molar-refractivity contribution >= 4 is 11.9 Å². The monoisotopic (exact) mass is 297 g/mol. The molecule has 0 spiro atoms. The van der Waals surface area contributed by atoms with Gasteiger partial charge in [0.1, 0.15) is 5.54 Å². The smallest absolute Gasteiger partial charge is 0.329 e. The number of carboxylic acids is 1. The number of carbonyl (C=O) groups excluding carboxylic acids is 1. The first kappa shape index (κ1) is 18.0. The minimum Gasteiger partial charge on any atom is -0.479 e. The zero-order valence-electron chi connectivity index (χ0n) is 14.2. The van der Waals surface area contributed by atoms with E-state index in [9.17, 15) is 14.7 Å². The molecule has 0 saturated heterocycles. The summed E-state index contributed by atoms with van der Waals surface area (Å²) in [6.07, 6.45) is 4.83.